The average Bonchev–Trinajstić information content (AvgIpc) is 2.88. The van der Waals surface area contributed by atoms with E-state index in [9.17, 15) is 4.79 Å². The SMILES string of the molecule is CC(Sc1nncs1)C(=O)Nc1cc(Cl)c(Cl)cc1Cl. The summed E-state index contributed by atoms with van der Waals surface area (Å²) < 4.78 is 0.730. The number of hydrogen-bond acceptors (Lipinski definition) is 5. The predicted molar refractivity (Wildman–Crippen MR) is 85.3 cm³/mol. The Bertz CT molecular complexity index is 622. The van der Waals surface area contributed by atoms with E-state index in [4.69, 9.17) is 34.8 Å². The molecule has 0 radical (unpaired) electrons. The van der Waals surface area contributed by atoms with Crippen LogP contribution in [-0.4, -0.2) is 21.4 Å². The molecule has 1 N–H and O–H groups in total. The first-order valence-corrected chi connectivity index (χ1v) is 8.25. The first-order valence-electron chi connectivity index (χ1n) is 5.35. The number of carbonyl (C=O) groups excluding carboxylic acids is 1. The second-order valence-corrected chi connectivity index (χ2v) is 7.34. The Morgan fingerprint density at radius 2 is 2.00 bits per heavy atom. The van der Waals surface area contributed by atoms with Crippen LogP contribution in [0.25, 0.3) is 0 Å². The fourth-order valence-electron chi connectivity index (χ4n) is 1.27. The lowest BCUT2D eigenvalue weighted by Gasteiger charge is -2.12. The summed E-state index contributed by atoms with van der Waals surface area (Å²) in [5.41, 5.74) is 2.04. The molecule has 2 rings (SSSR count). The maximum absolute atomic E-state index is 12.1. The topological polar surface area (TPSA) is 54.9 Å². The Kier molecular flexibility index (Phi) is 5.51. The van der Waals surface area contributed by atoms with Crippen LogP contribution in [0.3, 0.4) is 0 Å². The largest absolute Gasteiger partial charge is 0.324 e. The molecular weight excluding hydrogens is 361 g/mol. The van der Waals surface area contributed by atoms with Gasteiger partial charge in [0.25, 0.3) is 0 Å². The highest BCUT2D eigenvalue weighted by molar-refractivity contribution is 8.02. The minimum atomic E-state index is -0.339. The molecule has 0 aliphatic heterocycles. The highest BCUT2D eigenvalue weighted by atomic mass is 35.5. The number of nitrogens with one attached hydrogen (secondary N) is 1. The Morgan fingerprint density at radius 3 is 2.65 bits per heavy atom. The van der Waals surface area contributed by atoms with Crippen LogP contribution in [0.1, 0.15) is 6.92 Å². The zero-order chi connectivity index (χ0) is 14.7. The molecule has 0 fully saturated rings. The molecular formula is C11H8Cl3N3OS2. The van der Waals surface area contributed by atoms with E-state index >= 15 is 0 Å². The van der Waals surface area contributed by atoms with Gasteiger partial charge in [-0.1, -0.05) is 57.9 Å². The van der Waals surface area contributed by atoms with Gasteiger partial charge in [0.15, 0.2) is 4.34 Å². The van der Waals surface area contributed by atoms with E-state index in [-0.39, 0.29) is 11.2 Å². The molecule has 0 saturated carbocycles. The van der Waals surface area contributed by atoms with Gasteiger partial charge in [-0.2, -0.15) is 0 Å². The molecule has 9 heteroatoms. The van der Waals surface area contributed by atoms with Crippen molar-refractivity contribution in [1.29, 1.82) is 0 Å². The summed E-state index contributed by atoms with van der Waals surface area (Å²) >= 11 is 20.4. The number of anilines is 1. The molecule has 1 heterocycles. The summed E-state index contributed by atoms with van der Waals surface area (Å²) in [4.78, 5) is 12.1. The van der Waals surface area contributed by atoms with Gasteiger partial charge in [0, 0.05) is 0 Å². The second kappa shape index (κ2) is 6.95. The molecule has 1 atom stereocenters. The number of amides is 1. The molecule has 106 valence electrons. The van der Waals surface area contributed by atoms with Crippen molar-refractivity contribution >= 4 is 69.5 Å². The smallest absolute Gasteiger partial charge is 0.237 e. The van der Waals surface area contributed by atoms with E-state index in [1.807, 2.05) is 0 Å². The van der Waals surface area contributed by atoms with E-state index in [0.717, 1.165) is 4.34 Å². The summed E-state index contributed by atoms with van der Waals surface area (Å²) in [6, 6.07) is 3.01. The normalized spacial score (nSPS) is 12.2. The minimum Gasteiger partial charge on any atom is -0.324 e. The van der Waals surface area contributed by atoms with Gasteiger partial charge in [-0.05, 0) is 19.1 Å². The minimum absolute atomic E-state index is 0.203. The van der Waals surface area contributed by atoms with Crippen molar-refractivity contribution in [3.63, 3.8) is 0 Å². The van der Waals surface area contributed by atoms with Crippen LogP contribution in [0, 0.1) is 0 Å². The molecule has 0 aliphatic carbocycles. The Balaban J connectivity index is 2.06. The lowest BCUT2D eigenvalue weighted by Crippen LogP contribution is -2.22. The third kappa shape index (κ3) is 3.99. The van der Waals surface area contributed by atoms with Crippen LogP contribution in [0.15, 0.2) is 22.0 Å². The molecule has 0 aliphatic rings. The first kappa shape index (κ1) is 15.9. The van der Waals surface area contributed by atoms with Gasteiger partial charge in [0.05, 0.1) is 26.0 Å². The van der Waals surface area contributed by atoms with Crippen molar-refractivity contribution in [3.8, 4) is 0 Å². The zero-order valence-corrected chi connectivity index (χ0v) is 14.0. The molecule has 1 aromatic carbocycles. The van der Waals surface area contributed by atoms with Crippen LogP contribution in [-0.2, 0) is 4.79 Å². The highest BCUT2D eigenvalue weighted by Gasteiger charge is 2.18. The number of thioether (sulfide) groups is 1. The lowest BCUT2D eigenvalue weighted by atomic mass is 10.3. The van der Waals surface area contributed by atoms with E-state index < -0.39 is 0 Å². The van der Waals surface area contributed by atoms with Crippen LogP contribution in [0.2, 0.25) is 15.1 Å². The van der Waals surface area contributed by atoms with Gasteiger partial charge in [-0.15, -0.1) is 10.2 Å². The van der Waals surface area contributed by atoms with Crippen molar-refractivity contribution in [1.82, 2.24) is 10.2 Å². The van der Waals surface area contributed by atoms with E-state index in [1.54, 1.807) is 12.4 Å². The Hall–Kier alpha value is -0.530. The van der Waals surface area contributed by atoms with Crippen LogP contribution >= 0.6 is 57.9 Å². The molecule has 1 unspecified atom stereocenters. The maximum atomic E-state index is 12.1. The molecule has 1 aromatic heterocycles. The molecule has 0 spiro atoms. The number of rotatable bonds is 4. The van der Waals surface area contributed by atoms with E-state index in [2.05, 4.69) is 15.5 Å². The molecule has 0 bridgehead atoms. The highest BCUT2D eigenvalue weighted by Crippen LogP contribution is 2.33. The fraction of sp³-hybridized carbons (Fsp3) is 0.182. The predicted octanol–water partition coefficient (Wildman–Crippen LogP) is 4.62. The van der Waals surface area contributed by atoms with Gasteiger partial charge in [0.1, 0.15) is 5.51 Å². The second-order valence-electron chi connectivity index (χ2n) is 3.70. The molecule has 20 heavy (non-hydrogen) atoms. The Morgan fingerprint density at radius 1 is 1.30 bits per heavy atom. The number of halogens is 3. The summed E-state index contributed by atoms with van der Waals surface area (Å²) in [6.07, 6.45) is 0. The van der Waals surface area contributed by atoms with Gasteiger partial charge in [-0.3, -0.25) is 4.79 Å². The maximum Gasteiger partial charge on any atom is 0.237 e. The zero-order valence-electron chi connectivity index (χ0n) is 10.1. The summed E-state index contributed by atoms with van der Waals surface area (Å²) in [6.45, 7) is 1.77. The number of carbonyl (C=O) groups is 1. The number of nitrogens with zero attached hydrogens (tertiary/aromatic N) is 2. The van der Waals surface area contributed by atoms with Crippen molar-refractivity contribution in [2.75, 3.05) is 5.32 Å². The number of hydrogen-bond donors (Lipinski definition) is 1. The van der Waals surface area contributed by atoms with Crippen LogP contribution in [0.4, 0.5) is 5.69 Å². The fourth-order valence-corrected chi connectivity index (χ4v) is 3.49. The van der Waals surface area contributed by atoms with Gasteiger partial charge in [-0.25, -0.2) is 0 Å². The lowest BCUT2D eigenvalue weighted by molar-refractivity contribution is -0.115. The average molecular weight is 369 g/mol. The molecule has 1 amide bonds. The van der Waals surface area contributed by atoms with E-state index in [1.165, 1.54) is 35.2 Å². The number of aromatic nitrogens is 2. The van der Waals surface area contributed by atoms with Crippen molar-refractivity contribution < 1.29 is 4.79 Å². The van der Waals surface area contributed by atoms with Crippen molar-refractivity contribution in [2.24, 2.45) is 0 Å². The summed E-state index contributed by atoms with van der Waals surface area (Å²) in [5.74, 6) is -0.203. The van der Waals surface area contributed by atoms with Crippen molar-refractivity contribution in [2.45, 2.75) is 16.5 Å². The van der Waals surface area contributed by atoms with E-state index in [0.29, 0.717) is 20.8 Å². The number of benzene rings is 1. The quantitative estimate of drug-likeness (QED) is 0.632. The first-order chi connectivity index (χ1) is 9.47. The van der Waals surface area contributed by atoms with Gasteiger partial charge < -0.3 is 5.32 Å². The summed E-state index contributed by atoms with van der Waals surface area (Å²) in [5, 5.41) is 11.0. The molecule has 4 nitrogen and oxygen atoms in total. The van der Waals surface area contributed by atoms with Crippen LogP contribution in [0.5, 0.6) is 0 Å². The van der Waals surface area contributed by atoms with Crippen molar-refractivity contribution in [3.05, 3.63) is 32.7 Å². The molecule has 0 saturated heterocycles. The summed E-state index contributed by atoms with van der Waals surface area (Å²) in [7, 11) is 0. The third-order valence-electron chi connectivity index (χ3n) is 2.25. The molecule has 2 aromatic rings. The van der Waals surface area contributed by atoms with Gasteiger partial charge in [0.2, 0.25) is 5.91 Å². The monoisotopic (exact) mass is 367 g/mol. The van der Waals surface area contributed by atoms with Gasteiger partial charge >= 0.3 is 0 Å². The Labute approximate surface area is 138 Å². The third-order valence-corrected chi connectivity index (χ3v) is 5.20. The standard InChI is InChI=1S/C11H8Cl3N3OS2/c1-5(20-11-17-15-4-19-11)10(18)16-9-3-7(13)6(12)2-8(9)14/h2-5H,1H3,(H,16,18). The van der Waals surface area contributed by atoms with Crippen LogP contribution < -0.4 is 5.32 Å².